The van der Waals surface area contributed by atoms with Crippen LogP contribution >= 0.6 is 0 Å². The van der Waals surface area contributed by atoms with E-state index in [0.29, 0.717) is 31.5 Å². The number of carbonyl (C=O) groups excluding carboxylic acids is 2. The first-order valence-corrected chi connectivity index (χ1v) is 10.3. The van der Waals surface area contributed by atoms with Crippen LogP contribution in [0.3, 0.4) is 0 Å². The molecule has 146 valence electrons. The van der Waals surface area contributed by atoms with E-state index in [2.05, 4.69) is 10.9 Å². The predicted octanol–water partition coefficient (Wildman–Crippen LogP) is 1.92. The lowest BCUT2D eigenvalue weighted by molar-refractivity contribution is -0.139. The van der Waals surface area contributed by atoms with Crippen molar-refractivity contribution in [3.8, 4) is 0 Å². The number of fused-ring (bicyclic) bond motifs is 1. The first-order valence-electron chi connectivity index (χ1n) is 10.3. The van der Waals surface area contributed by atoms with Gasteiger partial charge in [0.05, 0.1) is 0 Å². The van der Waals surface area contributed by atoms with Crippen LogP contribution in [0.4, 0.5) is 5.69 Å². The third kappa shape index (κ3) is 3.73. The van der Waals surface area contributed by atoms with E-state index in [-0.39, 0.29) is 17.9 Å². The van der Waals surface area contributed by atoms with Crippen LogP contribution in [0, 0.1) is 11.8 Å². The highest BCUT2D eigenvalue weighted by Crippen LogP contribution is 2.30. The molecule has 6 heteroatoms. The van der Waals surface area contributed by atoms with E-state index in [0.717, 1.165) is 5.69 Å². The summed E-state index contributed by atoms with van der Waals surface area (Å²) in [5.74, 6) is -0.0856. The van der Waals surface area contributed by atoms with Crippen molar-refractivity contribution in [2.45, 2.75) is 50.6 Å². The fourth-order valence-corrected chi connectivity index (χ4v) is 4.92. The number of benzene rings is 1. The highest BCUT2D eigenvalue weighted by molar-refractivity contribution is 6.09. The first kappa shape index (κ1) is 18.4. The molecular weight excluding hydrogens is 340 g/mol. The lowest BCUT2D eigenvalue weighted by Gasteiger charge is -2.27. The Labute approximate surface area is 161 Å². The Balaban J connectivity index is 1.37. The third-order valence-electron chi connectivity index (χ3n) is 6.46. The topological polar surface area (TPSA) is 64.7 Å². The molecule has 1 aliphatic carbocycles. The Hall–Kier alpha value is -1.92. The molecule has 0 spiro atoms. The van der Waals surface area contributed by atoms with Gasteiger partial charge >= 0.3 is 0 Å². The van der Waals surface area contributed by atoms with E-state index in [1.165, 1.54) is 32.1 Å². The van der Waals surface area contributed by atoms with Gasteiger partial charge in [-0.2, -0.15) is 0 Å². The molecule has 1 aromatic rings. The van der Waals surface area contributed by atoms with Crippen LogP contribution in [0.1, 0.15) is 38.5 Å². The van der Waals surface area contributed by atoms with E-state index in [1.807, 2.05) is 37.4 Å². The zero-order chi connectivity index (χ0) is 18.8. The molecule has 2 amide bonds. The van der Waals surface area contributed by atoms with E-state index < -0.39 is 5.92 Å². The third-order valence-corrected chi connectivity index (χ3v) is 6.46. The molecule has 27 heavy (non-hydrogen) atoms. The zero-order valence-electron chi connectivity index (χ0n) is 16.1. The Morgan fingerprint density at radius 2 is 1.89 bits per heavy atom. The molecule has 4 atom stereocenters. The van der Waals surface area contributed by atoms with E-state index in [4.69, 9.17) is 0 Å². The molecule has 0 aromatic heterocycles. The zero-order valence-corrected chi connectivity index (χ0v) is 16.1. The van der Waals surface area contributed by atoms with Gasteiger partial charge < -0.3 is 9.80 Å². The van der Waals surface area contributed by atoms with Crippen molar-refractivity contribution in [1.82, 2.24) is 15.8 Å². The molecule has 2 heterocycles. The van der Waals surface area contributed by atoms with Crippen LogP contribution in [0.15, 0.2) is 30.3 Å². The molecule has 4 rings (SSSR count). The SMILES string of the molecule is CN(CC1NNC2CCCCCC21)C(=O)C1CCN(c2ccccc2)C1=O. The molecule has 2 saturated heterocycles. The predicted molar refractivity (Wildman–Crippen MR) is 105 cm³/mol. The molecular formula is C21H30N4O2. The lowest BCUT2D eigenvalue weighted by Crippen LogP contribution is -2.46. The summed E-state index contributed by atoms with van der Waals surface area (Å²) in [4.78, 5) is 29.3. The van der Waals surface area contributed by atoms with Crippen molar-refractivity contribution in [2.24, 2.45) is 11.8 Å². The number of likely N-dealkylation sites (N-methyl/N-ethyl adjacent to an activating group) is 1. The van der Waals surface area contributed by atoms with Gasteiger partial charge in [0, 0.05) is 37.9 Å². The Morgan fingerprint density at radius 3 is 2.70 bits per heavy atom. The standard InChI is InChI=1S/C21H30N4O2/c1-24(14-19-16-10-6-3-7-11-18(16)22-23-19)20(26)17-12-13-25(21(17)27)15-8-4-2-5-9-15/h2,4-5,8-9,16-19,22-23H,3,6-7,10-14H2,1H3. The minimum Gasteiger partial charge on any atom is -0.343 e. The van der Waals surface area contributed by atoms with Gasteiger partial charge in [-0.05, 0) is 37.3 Å². The number of carbonyl (C=O) groups is 2. The largest absolute Gasteiger partial charge is 0.343 e. The number of nitrogens with one attached hydrogen (secondary N) is 2. The van der Waals surface area contributed by atoms with E-state index >= 15 is 0 Å². The fraction of sp³-hybridized carbons (Fsp3) is 0.619. The van der Waals surface area contributed by atoms with Gasteiger partial charge in [0.1, 0.15) is 5.92 Å². The van der Waals surface area contributed by atoms with Gasteiger partial charge in [0.2, 0.25) is 11.8 Å². The van der Waals surface area contributed by atoms with Gasteiger partial charge in [-0.25, -0.2) is 0 Å². The smallest absolute Gasteiger partial charge is 0.239 e. The Bertz CT molecular complexity index is 680. The van der Waals surface area contributed by atoms with Crippen molar-refractivity contribution in [2.75, 3.05) is 25.0 Å². The molecule has 0 bridgehead atoms. The second-order valence-corrected chi connectivity index (χ2v) is 8.19. The van der Waals surface area contributed by atoms with Crippen LogP contribution in [0.2, 0.25) is 0 Å². The number of nitrogens with zero attached hydrogens (tertiary/aromatic N) is 2. The maximum absolute atomic E-state index is 13.0. The summed E-state index contributed by atoms with van der Waals surface area (Å²) in [5, 5.41) is 0. The Kier molecular flexibility index (Phi) is 5.45. The number of rotatable bonds is 4. The average molecular weight is 370 g/mol. The van der Waals surface area contributed by atoms with E-state index in [9.17, 15) is 9.59 Å². The maximum Gasteiger partial charge on any atom is 0.239 e. The average Bonchev–Trinajstić information content (AvgIpc) is 3.16. The van der Waals surface area contributed by atoms with Gasteiger partial charge in [-0.15, -0.1) is 0 Å². The quantitative estimate of drug-likeness (QED) is 0.795. The molecule has 6 nitrogen and oxygen atoms in total. The molecule has 2 aliphatic heterocycles. The van der Waals surface area contributed by atoms with Crippen LogP contribution in [0.5, 0.6) is 0 Å². The number of anilines is 1. The first-order chi connectivity index (χ1) is 13.1. The Morgan fingerprint density at radius 1 is 1.11 bits per heavy atom. The molecule has 0 radical (unpaired) electrons. The van der Waals surface area contributed by atoms with Crippen molar-refractivity contribution in [1.29, 1.82) is 0 Å². The number of hydrogen-bond donors (Lipinski definition) is 2. The normalized spacial score (nSPS) is 30.9. The number of hydrazine groups is 1. The summed E-state index contributed by atoms with van der Waals surface area (Å²) < 4.78 is 0. The maximum atomic E-state index is 13.0. The van der Waals surface area contributed by atoms with Crippen LogP contribution < -0.4 is 15.8 Å². The minimum atomic E-state index is -0.547. The molecule has 1 saturated carbocycles. The van der Waals surface area contributed by atoms with Crippen LogP contribution in [0.25, 0.3) is 0 Å². The number of hydrogen-bond acceptors (Lipinski definition) is 4. The van der Waals surface area contributed by atoms with Crippen molar-refractivity contribution in [3.63, 3.8) is 0 Å². The van der Waals surface area contributed by atoms with E-state index in [1.54, 1.807) is 9.80 Å². The molecule has 1 aromatic carbocycles. The molecule has 4 unspecified atom stereocenters. The summed E-state index contributed by atoms with van der Waals surface area (Å²) in [5.41, 5.74) is 7.72. The molecule has 2 N–H and O–H groups in total. The van der Waals surface area contributed by atoms with Crippen LogP contribution in [-0.4, -0.2) is 48.9 Å². The monoisotopic (exact) mass is 370 g/mol. The van der Waals surface area contributed by atoms with Crippen molar-refractivity contribution >= 4 is 17.5 Å². The second-order valence-electron chi connectivity index (χ2n) is 8.19. The summed E-state index contributed by atoms with van der Waals surface area (Å²) >= 11 is 0. The minimum absolute atomic E-state index is 0.0442. The van der Waals surface area contributed by atoms with Gasteiger partial charge in [-0.3, -0.25) is 20.4 Å². The van der Waals surface area contributed by atoms with Crippen molar-refractivity contribution in [3.05, 3.63) is 30.3 Å². The van der Waals surface area contributed by atoms with Gasteiger partial charge in [0.25, 0.3) is 0 Å². The second kappa shape index (κ2) is 7.98. The van der Waals surface area contributed by atoms with Gasteiger partial charge in [-0.1, -0.05) is 37.5 Å². The van der Waals surface area contributed by atoms with Gasteiger partial charge in [0.15, 0.2) is 0 Å². The van der Waals surface area contributed by atoms with Crippen molar-refractivity contribution < 1.29 is 9.59 Å². The number of para-hydroxylation sites is 1. The summed E-state index contributed by atoms with van der Waals surface area (Å²) in [6, 6.07) is 10.4. The highest BCUT2D eigenvalue weighted by Gasteiger charge is 2.41. The molecule has 3 aliphatic rings. The number of amides is 2. The molecule has 3 fully saturated rings. The summed E-state index contributed by atoms with van der Waals surface area (Å²) in [6.45, 7) is 1.27. The highest BCUT2D eigenvalue weighted by atomic mass is 16.2. The lowest BCUT2D eigenvalue weighted by atomic mass is 9.90. The summed E-state index contributed by atoms with van der Waals surface area (Å²) in [7, 11) is 1.84. The van der Waals surface area contributed by atoms with Crippen LogP contribution in [-0.2, 0) is 9.59 Å². The summed E-state index contributed by atoms with van der Waals surface area (Å²) in [6.07, 6.45) is 6.87. The fourth-order valence-electron chi connectivity index (χ4n) is 4.92.